The summed E-state index contributed by atoms with van der Waals surface area (Å²) in [6, 6.07) is 0. The summed E-state index contributed by atoms with van der Waals surface area (Å²) in [6.45, 7) is -0.581. The van der Waals surface area contributed by atoms with Gasteiger partial charge in [-0.2, -0.15) is 0 Å². The predicted octanol–water partition coefficient (Wildman–Crippen LogP) is -2.24. The lowest BCUT2D eigenvalue weighted by Gasteiger charge is -2.36. The fourth-order valence-electron chi connectivity index (χ4n) is 1.06. The molecule has 0 unspecified atom stereocenters. The molecular weight excluding hydrogens is 171 g/mol. The molecule has 1 heterocycles. The highest BCUT2D eigenvalue weighted by Gasteiger charge is 2.43. The van der Waals surface area contributed by atoms with Crippen LogP contribution in [0.15, 0.2) is 0 Å². The molecule has 12 heavy (non-hydrogen) atoms. The van der Waals surface area contributed by atoms with Gasteiger partial charge in [-0.1, -0.05) is 0 Å². The van der Waals surface area contributed by atoms with Crippen molar-refractivity contribution in [3.8, 4) is 0 Å². The summed E-state index contributed by atoms with van der Waals surface area (Å²) in [7, 11) is 0. The second-order valence-electron chi connectivity index (χ2n) is 2.67. The number of halogens is 1. The van der Waals surface area contributed by atoms with Gasteiger partial charge in [-0.25, -0.2) is 4.39 Å². The van der Waals surface area contributed by atoms with Gasteiger partial charge in [0.15, 0.2) is 12.5 Å². The molecule has 0 aromatic rings. The van der Waals surface area contributed by atoms with Crippen LogP contribution in [-0.2, 0) is 4.74 Å². The molecule has 5 atom stereocenters. The van der Waals surface area contributed by atoms with Gasteiger partial charge in [0, 0.05) is 0 Å². The first-order valence-electron chi connectivity index (χ1n) is 3.52. The van der Waals surface area contributed by atoms with Crippen LogP contribution < -0.4 is 0 Å². The summed E-state index contributed by atoms with van der Waals surface area (Å²) < 4.78 is 17.1. The molecule has 1 saturated heterocycles. The van der Waals surface area contributed by atoms with Gasteiger partial charge in [0.1, 0.15) is 18.3 Å². The highest BCUT2D eigenvalue weighted by Crippen LogP contribution is 2.21. The molecule has 5 nitrogen and oxygen atoms in total. The van der Waals surface area contributed by atoms with Gasteiger partial charge in [0.25, 0.3) is 0 Å². The molecule has 0 spiro atoms. The Bertz CT molecular complexity index is 150. The van der Waals surface area contributed by atoms with E-state index in [9.17, 15) is 4.39 Å². The van der Waals surface area contributed by atoms with Crippen LogP contribution in [0.1, 0.15) is 0 Å². The lowest BCUT2D eigenvalue weighted by molar-refractivity contribution is -0.271. The lowest BCUT2D eigenvalue weighted by Crippen LogP contribution is -2.56. The second kappa shape index (κ2) is 3.63. The van der Waals surface area contributed by atoms with Gasteiger partial charge in [-0.15, -0.1) is 0 Å². The molecule has 72 valence electrons. The van der Waals surface area contributed by atoms with E-state index in [2.05, 4.69) is 4.74 Å². The Morgan fingerprint density at radius 1 is 1.17 bits per heavy atom. The van der Waals surface area contributed by atoms with Gasteiger partial charge < -0.3 is 25.2 Å². The minimum Gasteiger partial charge on any atom is -0.394 e. The van der Waals surface area contributed by atoms with Crippen molar-refractivity contribution >= 4 is 0 Å². The molecule has 1 aliphatic heterocycles. The average molecular weight is 182 g/mol. The van der Waals surface area contributed by atoms with Crippen molar-refractivity contribution in [2.24, 2.45) is 0 Å². The summed E-state index contributed by atoms with van der Waals surface area (Å²) in [5, 5.41) is 35.3. The predicted molar refractivity (Wildman–Crippen MR) is 34.9 cm³/mol. The summed E-state index contributed by atoms with van der Waals surface area (Å²) >= 11 is 0. The van der Waals surface area contributed by atoms with Crippen molar-refractivity contribution in [1.29, 1.82) is 0 Å². The van der Waals surface area contributed by atoms with Crippen LogP contribution in [0.4, 0.5) is 4.39 Å². The van der Waals surface area contributed by atoms with Gasteiger partial charge in [0.2, 0.25) is 0 Å². The maximum Gasteiger partial charge on any atom is 0.189 e. The zero-order chi connectivity index (χ0) is 9.30. The smallest absolute Gasteiger partial charge is 0.189 e. The number of aliphatic hydroxyl groups is 4. The van der Waals surface area contributed by atoms with Crippen LogP contribution in [-0.4, -0.2) is 57.8 Å². The van der Waals surface area contributed by atoms with E-state index in [1.165, 1.54) is 0 Å². The van der Waals surface area contributed by atoms with E-state index >= 15 is 0 Å². The van der Waals surface area contributed by atoms with Crippen molar-refractivity contribution in [3.63, 3.8) is 0 Å². The minimum absolute atomic E-state index is 0.581. The molecule has 0 aromatic heterocycles. The Hall–Kier alpha value is -0.270. The highest BCUT2D eigenvalue weighted by atomic mass is 19.1. The molecule has 6 heteroatoms. The Morgan fingerprint density at radius 3 is 2.25 bits per heavy atom. The summed E-state index contributed by atoms with van der Waals surface area (Å²) in [6.07, 6.45) is -8.19. The topological polar surface area (TPSA) is 90.2 Å². The van der Waals surface area contributed by atoms with Crippen LogP contribution in [0.3, 0.4) is 0 Å². The lowest BCUT2D eigenvalue weighted by atomic mass is 10.0. The number of ether oxygens (including phenoxy) is 1. The standard InChI is InChI=1S/C6H11FO5/c7-3-5(10)4(9)2(1-8)12-6(3)11/h2-6,8-11H,1H2/t2-,3-,4-,5-,6+/m1/s1/i7+0. The zero-order valence-corrected chi connectivity index (χ0v) is 6.17. The van der Waals surface area contributed by atoms with Crippen LogP contribution >= 0.6 is 0 Å². The van der Waals surface area contributed by atoms with E-state index in [1.807, 2.05) is 0 Å². The molecule has 1 rings (SSSR count). The first-order chi connectivity index (χ1) is 5.57. The van der Waals surface area contributed by atoms with Gasteiger partial charge in [-0.05, 0) is 0 Å². The summed E-state index contributed by atoms with van der Waals surface area (Å²) in [5.41, 5.74) is 0. The Kier molecular flexibility index (Phi) is 2.97. The van der Waals surface area contributed by atoms with Crippen LogP contribution in [0, 0.1) is 0 Å². The largest absolute Gasteiger partial charge is 0.394 e. The van der Waals surface area contributed by atoms with Gasteiger partial charge in [-0.3, -0.25) is 0 Å². The quantitative estimate of drug-likeness (QED) is 0.368. The van der Waals surface area contributed by atoms with E-state index in [4.69, 9.17) is 20.4 Å². The highest BCUT2D eigenvalue weighted by molar-refractivity contribution is 4.88. The van der Waals surface area contributed by atoms with Crippen LogP contribution in [0.2, 0.25) is 0 Å². The summed E-state index contributed by atoms with van der Waals surface area (Å²) in [4.78, 5) is 0. The molecule has 0 bridgehead atoms. The normalized spacial score (nSPS) is 49.2. The minimum atomic E-state index is -2.04. The third-order valence-electron chi connectivity index (χ3n) is 1.82. The average Bonchev–Trinajstić information content (AvgIpc) is 2.08. The number of alkyl halides is 1. The van der Waals surface area contributed by atoms with Crippen molar-refractivity contribution in [2.75, 3.05) is 6.61 Å². The third kappa shape index (κ3) is 1.57. The molecule has 0 radical (unpaired) electrons. The van der Waals surface area contributed by atoms with E-state index in [0.717, 1.165) is 0 Å². The fraction of sp³-hybridized carbons (Fsp3) is 1.00. The van der Waals surface area contributed by atoms with Crippen molar-refractivity contribution in [2.45, 2.75) is 30.8 Å². The number of hydrogen-bond donors (Lipinski definition) is 4. The molecular formula is C6H11FO5. The third-order valence-corrected chi connectivity index (χ3v) is 1.82. The van der Waals surface area contributed by atoms with Crippen molar-refractivity contribution < 1.29 is 29.6 Å². The number of aliphatic hydroxyl groups excluding tert-OH is 4. The van der Waals surface area contributed by atoms with Crippen LogP contribution in [0.5, 0.6) is 0 Å². The van der Waals surface area contributed by atoms with Gasteiger partial charge >= 0.3 is 0 Å². The Labute approximate surface area is 68.0 Å². The Balaban J connectivity index is 2.63. The molecule has 4 N–H and O–H groups in total. The first-order valence-corrected chi connectivity index (χ1v) is 3.52. The first kappa shape index (κ1) is 9.82. The van der Waals surface area contributed by atoms with Gasteiger partial charge in [0.05, 0.1) is 6.61 Å². The Morgan fingerprint density at radius 2 is 1.75 bits per heavy atom. The fourth-order valence-corrected chi connectivity index (χ4v) is 1.06. The number of hydrogen-bond acceptors (Lipinski definition) is 5. The molecule has 0 aromatic carbocycles. The maximum atomic E-state index is 12.7. The molecule has 1 aliphatic rings. The molecule has 1 fully saturated rings. The summed E-state index contributed by atoms with van der Waals surface area (Å²) in [5.74, 6) is 0. The zero-order valence-electron chi connectivity index (χ0n) is 6.17. The SMILES string of the molecule is OC[C@H]1O[C@H](O)[C@H]([19F])[C@@H](O)[C@@H]1O. The van der Waals surface area contributed by atoms with Crippen molar-refractivity contribution in [3.05, 3.63) is 0 Å². The van der Waals surface area contributed by atoms with E-state index in [-0.39, 0.29) is 0 Å². The van der Waals surface area contributed by atoms with Crippen molar-refractivity contribution in [1.82, 2.24) is 0 Å². The van der Waals surface area contributed by atoms with E-state index in [1.54, 1.807) is 0 Å². The van der Waals surface area contributed by atoms with E-state index in [0.29, 0.717) is 0 Å². The molecule has 0 saturated carbocycles. The van der Waals surface area contributed by atoms with E-state index < -0.39 is 37.4 Å². The second-order valence-corrected chi connectivity index (χ2v) is 2.67. The maximum absolute atomic E-state index is 12.7. The molecule has 0 aliphatic carbocycles. The van der Waals surface area contributed by atoms with Crippen LogP contribution in [0.25, 0.3) is 0 Å². The number of rotatable bonds is 1. The molecule has 0 amide bonds. The monoisotopic (exact) mass is 182 g/mol.